The lowest BCUT2D eigenvalue weighted by atomic mass is 10.3. The van der Waals surface area contributed by atoms with Gasteiger partial charge < -0.3 is 15.7 Å². The zero-order chi connectivity index (χ0) is 22.1. The third-order valence-electron chi connectivity index (χ3n) is 3.21. The van der Waals surface area contributed by atoms with Crippen molar-refractivity contribution in [2.24, 2.45) is 10.8 Å². The molecule has 2 rings (SSSR count). The quantitative estimate of drug-likeness (QED) is 0.142. The van der Waals surface area contributed by atoms with Crippen molar-refractivity contribution in [1.82, 2.24) is 10.3 Å². The van der Waals surface area contributed by atoms with Crippen LogP contribution in [0, 0.1) is 0 Å². The first-order valence-corrected chi connectivity index (χ1v) is 10.5. The number of guanidine groups is 1. The Labute approximate surface area is 177 Å². The van der Waals surface area contributed by atoms with E-state index in [1.807, 2.05) is 51.3 Å². The number of nitrogens with zero attached hydrogens (tertiary/aromatic N) is 2. The molecular weight excluding hydrogens is 386 g/mol. The van der Waals surface area contributed by atoms with Gasteiger partial charge in [0.25, 0.3) is 5.91 Å². The number of phenolic OH excluding ortho intramolecular Hbond substituents is 1. The highest BCUT2D eigenvalue weighted by atomic mass is 32.1. The third kappa shape index (κ3) is 10.3. The molecule has 0 saturated heterocycles. The number of phenols is 1. The second kappa shape index (κ2) is 16.1. The summed E-state index contributed by atoms with van der Waals surface area (Å²) in [6.45, 7) is 8.97. The Morgan fingerprint density at radius 3 is 2.55 bits per heavy atom. The summed E-state index contributed by atoms with van der Waals surface area (Å²) in [4.78, 5) is 17.2. The van der Waals surface area contributed by atoms with Crippen LogP contribution in [0.2, 0.25) is 0 Å². The van der Waals surface area contributed by atoms with Gasteiger partial charge >= 0.3 is 0 Å². The van der Waals surface area contributed by atoms with E-state index in [9.17, 15) is 9.90 Å². The molecule has 2 aromatic rings. The minimum Gasteiger partial charge on any atom is -0.508 e. The summed E-state index contributed by atoms with van der Waals surface area (Å²) >= 11 is 1.61. The van der Waals surface area contributed by atoms with Crippen LogP contribution in [0.4, 0.5) is 5.69 Å². The Kier molecular flexibility index (Phi) is 14.6. The van der Waals surface area contributed by atoms with E-state index in [0.717, 1.165) is 15.6 Å². The molecule has 0 aliphatic carbocycles. The normalized spacial score (nSPS) is 10.3. The zero-order valence-corrected chi connectivity index (χ0v) is 18.7. The summed E-state index contributed by atoms with van der Waals surface area (Å²) in [6, 6.07) is 10.7. The van der Waals surface area contributed by atoms with E-state index in [-0.39, 0.29) is 5.75 Å². The van der Waals surface area contributed by atoms with E-state index in [1.165, 1.54) is 6.08 Å². The molecule has 0 aliphatic heterocycles. The van der Waals surface area contributed by atoms with Crippen molar-refractivity contribution in [2.75, 3.05) is 18.9 Å². The van der Waals surface area contributed by atoms with Crippen LogP contribution in [-0.2, 0) is 11.3 Å². The van der Waals surface area contributed by atoms with E-state index in [1.54, 1.807) is 42.7 Å². The minimum atomic E-state index is -0.392. The maximum Gasteiger partial charge on any atom is 0.267 e. The standard InChI is InChI=1S/C17H21N5O2S.2C2H6/c1-19-17(21-12-15-7-4-10-25-15)22(18)16(24)8-3-9-20-13-5-2-6-14(23)11-13;2*1-2/h2-8,10-11,20,23H,9,12,18H2,1H3,(H,19,21);2*1-2H3/b8-3+;;. The van der Waals surface area contributed by atoms with E-state index >= 15 is 0 Å². The SMILES string of the molecule is CC.CC.CN=C(NCc1cccs1)N(N)C(=O)/C=C/CNc1cccc(O)c1. The lowest BCUT2D eigenvalue weighted by Crippen LogP contribution is -2.48. The van der Waals surface area contributed by atoms with Crippen LogP contribution in [0.3, 0.4) is 0 Å². The molecule has 0 unspecified atom stereocenters. The summed E-state index contributed by atoms with van der Waals surface area (Å²) in [7, 11) is 1.57. The van der Waals surface area contributed by atoms with Gasteiger partial charge in [0, 0.05) is 36.3 Å². The molecule has 1 amide bonds. The summed E-state index contributed by atoms with van der Waals surface area (Å²) in [6.07, 6.45) is 3.02. The number of aliphatic imine (C=N–C) groups is 1. The number of anilines is 1. The molecule has 0 fully saturated rings. The summed E-state index contributed by atoms with van der Waals surface area (Å²) in [5.41, 5.74) is 0.759. The van der Waals surface area contributed by atoms with Gasteiger partial charge in [-0.3, -0.25) is 9.79 Å². The second-order valence-corrected chi connectivity index (χ2v) is 6.05. The van der Waals surface area contributed by atoms with Crippen LogP contribution in [-0.4, -0.2) is 35.6 Å². The van der Waals surface area contributed by atoms with E-state index in [4.69, 9.17) is 5.84 Å². The van der Waals surface area contributed by atoms with Crippen LogP contribution < -0.4 is 16.5 Å². The molecular formula is C21H33N5O2S. The zero-order valence-electron chi connectivity index (χ0n) is 17.8. The van der Waals surface area contributed by atoms with Crippen LogP contribution in [0.15, 0.2) is 58.9 Å². The van der Waals surface area contributed by atoms with Gasteiger partial charge in [-0.1, -0.05) is 45.9 Å². The van der Waals surface area contributed by atoms with Crippen molar-refractivity contribution in [3.63, 3.8) is 0 Å². The monoisotopic (exact) mass is 419 g/mol. The smallest absolute Gasteiger partial charge is 0.267 e. The average Bonchev–Trinajstić information content (AvgIpc) is 3.28. The van der Waals surface area contributed by atoms with Crippen LogP contribution in [0.25, 0.3) is 0 Å². The first-order chi connectivity index (χ1) is 14.1. The number of nitrogens with two attached hydrogens (primary N) is 1. The Morgan fingerprint density at radius 1 is 1.24 bits per heavy atom. The molecule has 0 radical (unpaired) electrons. The van der Waals surface area contributed by atoms with Gasteiger partial charge in [-0.25, -0.2) is 10.9 Å². The molecule has 0 bridgehead atoms. The fraction of sp³-hybridized carbons (Fsp3) is 0.333. The Morgan fingerprint density at radius 2 is 1.97 bits per heavy atom. The van der Waals surface area contributed by atoms with Gasteiger partial charge in [0.15, 0.2) is 0 Å². The number of hydrazine groups is 1. The number of thiophene rings is 1. The minimum absolute atomic E-state index is 0.179. The van der Waals surface area contributed by atoms with Crippen molar-refractivity contribution in [1.29, 1.82) is 0 Å². The molecule has 1 heterocycles. The second-order valence-electron chi connectivity index (χ2n) is 5.02. The number of nitrogens with one attached hydrogen (secondary N) is 2. The van der Waals surface area contributed by atoms with Crippen molar-refractivity contribution in [3.8, 4) is 5.75 Å². The van der Waals surface area contributed by atoms with E-state index in [0.29, 0.717) is 19.0 Å². The Bertz CT molecular complexity index is 745. The maximum atomic E-state index is 12.1. The van der Waals surface area contributed by atoms with Crippen molar-refractivity contribution in [2.45, 2.75) is 34.2 Å². The lowest BCUT2D eigenvalue weighted by molar-refractivity contribution is -0.122. The lowest BCUT2D eigenvalue weighted by Gasteiger charge is -2.17. The maximum absolute atomic E-state index is 12.1. The summed E-state index contributed by atoms with van der Waals surface area (Å²) < 4.78 is 0. The molecule has 29 heavy (non-hydrogen) atoms. The molecule has 0 atom stereocenters. The summed E-state index contributed by atoms with van der Waals surface area (Å²) in [5.74, 6) is 5.90. The number of carbonyl (C=O) groups excluding carboxylic acids is 1. The van der Waals surface area contributed by atoms with Gasteiger partial charge in [-0.05, 0) is 23.6 Å². The molecule has 7 nitrogen and oxygen atoms in total. The number of hydrogen-bond acceptors (Lipinski definition) is 6. The van der Waals surface area contributed by atoms with Crippen molar-refractivity contribution >= 4 is 28.9 Å². The number of amides is 1. The molecule has 8 heteroatoms. The number of hydrogen-bond donors (Lipinski definition) is 4. The van der Waals surface area contributed by atoms with Crippen molar-refractivity contribution in [3.05, 3.63) is 58.8 Å². The van der Waals surface area contributed by atoms with E-state index in [2.05, 4.69) is 15.6 Å². The van der Waals surface area contributed by atoms with Gasteiger partial charge in [0.2, 0.25) is 5.96 Å². The number of carbonyl (C=O) groups is 1. The fourth-order valence-electron chi connectivity index (χ4n) is 1.99. The molecule has 0 saturated carbocycles. The predicted octanol–water partition coefficient (Wildman–Crippen LogP) is 3.95. The largest absolute Gasteiger partial charge is 0.508 e. The van der Waals surface area contributed by atoms with Crippen LogP contribution in [0.1, 0.15) is 32.6 Å². The predicted molar refractivity (Wildman–Crippen MR) is 124 cm³/mol. The van der Waals surface area contributed by atoms with Crippen LogP contribution in [0.5, 0.6) is 5.75 Å². The Hall–Kier alpha value is -2.84. The number of rotatable bonds is 6. The van der Waals surface area contributed by atoms with E-state index < -0.39 is 5.91 Å². The third-order valence-corrected chi connectivity index (χ3v) is 4.09. The van der Waals surface area contributed by atoms with Gasteiger partial charge in [-0.2, -0.15) is 0 Å². The average molecular weight is 420 g/mol. The molecule has 1 aromatic heterocycles. The fourth-order valence-corrected chi connectivity index (χ4v) is 2.63. The number of benzene rings is 1. The highest BCUT2D eigenvalue weighted by Gasteiger charge is 2.12. The molecule has 5 N–H and O–H groups in total. The highest BCUT2D eigenvalue weighted by Crippen LogP contribution is 2.14. The Balaban J connectivity index is 0.00000184. The first-order valence-electron chi connectivity index (χ1n) is 9.61. The summed E-state index contributed by atoms with van der Waals surface area (Å²) in [5, 5.41) is 18.4. The molecule has 1 aromatic carbocycles. The van der Waals surface area contributed by atoms with Gasteiger partial charge in [0.1, 0.15) is 5.75 Å². The first kappa shape index (κ1) is 26.2. The topological polar surface area (TPSA) is 103 Å². The van der Waals surface area contributed by atoms with Crippen molar-refractivity contribution < 1.29 is 9.90 Å². The van der Waals surface area contributed by atoms with Gasteiger partial charge in [0.05, 0.1) is 6.54 Å². The molecule has 0 aliphatic rings. The number of aromatic hydroxyl groups is 1. The van der Waals surface area contributed by atoms with Crippen LogP contribution >= 0.6 is 11.3 Å². The van der Waals surface area contributed by atoms with Gasteiger partial charge in [-0.15, -0.1) is 11.3 Å². The highest BCUT2D eigenvalue weighted by molar-refractivity contribution is 7.09. The molecule has 0 spiro atoms. The molecule has 160 valence electrons.